The number of ether oxygens (including phenoxy) is 3. The lowest BCUT2D eigenvalue weighted by molar-refractivity contribution is -0.872. The lowest BCUT2D eigenvalue weighted by Crippen LogP contribution is -2.43. The van der Waals surface area contributed by atoms with E-state index in [0.29, 0.717) is 23.9 Å². The van der Waals surface area contributed by atoms with Gasteiger partial charge in [-0.05, 0) is 77.0 Å². The number of carboxylic acids is 1. The summed E-state index contributed by atoms with van der Waals surface area (Å²) in [5.74, 6) is -2.28. The highest BCUT2D eigenvalue weighted by atomic mass is 16.6. The molecule has 58 heavy (non-hydrogen) atoms. The van der Waals surface area contributed by atoms with Crippen LogP contribution in [0.3, 0.4) is 0 Å². The van der Waals surface area contributed by atoms with Crippen LogP contribution in [0.15, 0.2) is 60.8 Å². The van der Waals surface area contributed by atoms with Crippen LogP contribution in [0.25, 0.3) is 0 Å². The first kappa shape index (κ1) is 55.0. The van der Waals surface area contributed by atoms with E-state index in [0.717, 1.165) is 89.9 Å². The Morgan fingerprint density at radius 3 is 1.43 bits per heavy atom. The van der Waals surface area contributed by atoms with Crippen LogP contribution in [0.2, 0.25) is 0 Å². The van der Waals surface area contributed by atoms with Gasteiger partial charge in [0.2, 0.25) is 0 Å². The second-order valence-corrected chi connectivity index (χ2v) is 16.8. The van der Waals surface area contributed by atoms with Gasteiger partial charge in [-0.3, -0.25) is 14.4 Å². The Hall–Kier alpha value is -2.97. The number of allylic oxidation sites excluding steroid dienone is 10. The molecular weight excluding hydrogens is 727 g/mol. The molecule has 0 saturated carbocycles. The molecule has 0 amide bonds. The predicted octanol–water partition coefficient (Wildman–Crippen LogP) is 12.8. The molecule has 0 aromatic rings. The third-order valence-corrected chi connectivity index (χ3v) is 9.83. The lowest BCUT2D eigenvalue weighted by atomic mass is 10.1. The highest BCUT2D eigenvalue weighted by molar-refractivity contribution is 5.70. The molecule has 2 atom stereocenters. The topological polar surface area (TPSA) is 99.1 Å². The zero-order chi connectivity index (χ0) is 42.8. The standard InChI is InChI=1S/C50H87NO7/c1-6-8-10-12-14-16-18-20-22-23-24-25-27-29-31-33-35-37-39-41-49(53)58-47(44-56-43-46(50(54)55)42-51(3,4)5)45-57-48(52)40-38-36-34-32-30-28-26-21-19-17-15-13-11-9-7-2/h8,10,14,16,20-22,24-26,46-47H,6-7,9,11-13,15,17-19,23,27-45H2,1-5H3/p+1/b10-8-,16-14-,22-20-,25-24-,26-21-/t46?,47-/m0/s1. The molecule has 0 saturated heterocycles. The molecule has 0 aromatic carbocycles. The van der Waals surface area contributed by atoms with Gasteiger partial charge in [-0.2, -0.15) is 0 Å². The maximum Gasteiger partial charge on any atom is 0.314 e. The summed E-state index contributed by atoms with van der Waals surface area (Å²) in [6.07, 6.45) is 49.2. The first-order chi connectivity index (χ1) is 28.1. The van der Waals surface area contributed by atoms with Crippen LogP contribution >= 0.6 is 0 Å². The van der Waals surface area contributed by atoms with E-state index < -0.39 is 18.0 Å². The van der Waals surface area contributed by atoms with Crippen molar-refractivity contribution in [3.63, 3.8) is 0 Å². The third-order valence-electron chi connectivity index (χ3n) is 9.83. The number of rotatable bonds is 41. The molecular formula is C50H88NO7+. The van der Waals surface area contributed by atoms with E-state index in [1.807, 2.05) is 21.1 Å². The van der Waals surface area contributed by atoms with Crippen molar-refractivity contribution in [3.05, 3.63) is 60.8 Å². The fraction of sp³-hybridized carbons (Fsp3) is 0.740. The number of hydrogen-bond acceptors (Lipinski definition) is 6. The van der Waals surface area contributed by atoms with Gasteiger partial charge >= 0.3 is 17.9 Å². The van der Waals surface area contributed by atoms with Gasteiger partial charge in [0.05, 0.1) is 40.9 Å². The normalized spacial score (nSPS) is 13.5. The minimum atomic E-state index is -0.928. The highest BCUT2D eigenvalue weighted by Gasteiger charge is 2.26. The van der Waals surface area contributed by atoms with Crippen molar-refractivity contribution in [2.45, 2.75) is 187 Å². The van der Waals surface area contributed by atoms with Crippen molar-refractivity contribution in [3.8, 4) is 0 Å². The quantitative estimate of drug-likeness (QED) is 0.0284. The van der Waals surface area contributed by atoms with Gasteiger partial charge < -0.3 is 23.8 Å². The number of unbranched alkanes of at least 4 members (excludes halogenated alkanes) is 17. The monoisotopic (exact) mass is 815 g/mol. The minimum absolute atomic E-state index is 0.00987. The number of carboxylic acid groups (broad SMARTS) is 1. The largest absolute Gasteiger partial charge is 0.481 e. The second-order valence-electron chi connectivity index (χ2n) is 16.8. The molecule has 334 valence electrons. The number of esters is 2. The zero-order valence-electron chi connectivity index (χ0n) is 38.0. The van der Waals surface area contributed by atoms with Gasteiger partial charge in [0.15, 0.2) is 6.10 Å². The van der Waals surface area contributed by atoms with Crippen LogP contribution in [0.5, 0.6) is 0 Å². The van der Waals surface area contributed by atoms with E-state index in [2.05, 4.69) is 74.6 Å². The molecule has 0 heterocycles. The van der Waals surface area contributed by atoms with E-state index >= 15 is 0 Å². The van der Waals surface area contributed by atoms with Gasteiger partial charge in [-0.15, -0.1) is 0 Å². The summed E-state index contributed by atoms with van der Waals surface area (Å²) in [7, 11) is 5.80. The van der Waals surface area contributed by atoms with E-state index in [-0.39, 0.29) is 31.8 Å². The zero-order valence-corrected chi connectivity index (χ0v) is 38.0. The van der Waals surface area contributed by atoms with E-state index in [4.69, 9.17) is 14.2 Å². The molecule has 0 radical (unpaired) electrons. The van der Waals surface area contributed by atoms with Crippen molar-refractivity contribution in [1.82, 2.24) is 0 Å². The molecule has 0 rings (SSSR count). The summed E-state index contributed by atoms with van der Waals surface area (Å²) in [5, 5.41) is 9.68. The van der Waals surface area contributed by atoms with Crippen LogP contribution < -0.4 is 0 Å². The molecule has 0 aromatic heterocycles. The van der Waals surface area contributed by atoms with Gasteiger partial charge in [-0.25, -0.2) is 0 Å². The number of nitrogens with zero attached hydrogens (tertiary/aromatic N) is 1. The number of aliphatic carboxylic acids is 1. The number of carbonyl (C=O) groups excluding carboxylic acids is 2. The third kappa shape index (κ3) is 41.2. The van der Waals surface area contributed by atoms with Crippen molar-refractivity contribution >= 4 is 17.9 Å². The van der Waals surface area contributed by atoms with Gasteiger partial charge in [0, 0.05) is 12.8 Å². The molecule has 0 aliphatic heterocycles. The fourth-order valence-corrected chi connectivity index (χ4v) is 6.50. The summed E-state index contributed by atoms with van der Waals surface area (Å²) in [5.41, 5.74) is 0. The summed E-state index contributed by atoms with van der Waals surface area (Å²) < 4.78 is 17.5. The van der Waals surface area contributed by atoms with Gasteiger partial charge in [-0.1, -0.05) is 152 Å². The van der Waals surface area contributed by atoms with Crippen molar-refractivity contribution in [1.29, 1.82) is 0 Å². The maximum absolute atomic E-state index is 12.8. The minimum Gasteiger partial charge on any atom is -0.481 e. The maximum atomic E-state index is 12.8. The van der Waals surface area contributed by atoms with Crippen LogP contribution in [-0.2, 0) is 28.6 Å². The van der Waals surface area contributed by atoms with Crippen molar-refractivity contribution in [2.75, 3.05) is 47.5 Å². The Morgan fingerprint density at radius 2 is 0.948 bits per heavy atom. The van der Waals surface area contributed by atoms with Gasteiger partial charge in [0.1, 0.15) is 12.5 Å². The molecule has 0 aliphatic rings. The molecule has 0 spiro atoms. The molecule has 8 heteroatoms. The van der Waals surface area contributed by atoms with E-state index in [1.165, 1.54) is 64.2 Å². The predicted molar refractivity (Wildman–Crippen MR) is 243 cm³/mol. The summed E-state index contributed by atoms with van der Waals surface area (Å²) in [6, 6.07) is 0. The molecule has 0 bridgehead atoms. The molecule has 8 nitrogen and oxygen atoms in total. The van der Waals surface area contributed by atoms with Crippen LogP contribution in [-0.4, -0.2) is 81.1 Å². The Bertz CT molecular complexity index is 1130. The van der Waals surface area contributed by atoms with Crippen LogP contribution in [0.4, 0.5) is 0 Å². The van der Waals surface area contributed by atoms with E-state index in [1.54, 1.807) is 0 Å². The number of quaternary nitrogens is 1. The average molecular weight is 815 g/mol. The molecule has 1 unspecified atom stereocenters. The Morgan fingerprint density at radius 1 is 0.517 bits per heavy atom. The van der Waals surface area contributed by atoms with Crippen LogP contribution in [0.1, 0.15) is 181 Å². The summed E-state index contributed by atoms with van der Waals surface area (Å²) in [6.45, 7) is 4.68. The molecule has 1 N–H and O–H groups in total. The SMILES string of the molecule is CC/C=C\C/C=C\C/C=C\C/C=C\CCCCCCCCC(=O)O[C@@H](COCC(C[N+](C)(C)C)C(=O)O)COC(=O)CCCCCCC/C=C\CCCCCCCC. The first-order valence-corrected chi connectivity index (χ1v) is 23.3. The molecule has 0 fully saturated rings. The molecule has 0 aliphatic carbocycles. The van der Waals surface area contributed by atoms with Gasteiger partial charge in [0.25, 0.3) is 0 Å². The Kier molecular flexibility index (Phi) is 38.7. The summed E-state index contributed by atoms with van der Waals surface area (Å²) >= 11 is 0. The highest BCUT2D eigenvalue weighted by Crippen LogP contribution is 2.13. The Balaban J connectivity index is 4.39. The number of carbonyl (C=O) groups is 3. The average Bonchev–Trinajstić information content (AvgIpc) is 3.18. The van der Waals surface area contributed by atoms with Crippen molar-refractivity contribution < 1.29 is 38.2 Å². The van der Waals surface area contributed by atoms with Crippen molar-refractivity contribution in [2.24, 2.45) is 5.92 Å². The lowest BCUT2D eigenvalue weighted by Gasteiger charge is -2.27. The van der Waals surface area contributed by atoms with E-state index in [9.17, 15) is 19.5 Å². The van der Waals surface area contributed by atoms with Crippen LogP contribution in [0, 0.1) is 5.92 Å². The fourth-order valence-electron chi connectivity index (χ4n) is 6.50. The summed E-state index contributed by atoms with van der Waals surface area (Å²) in [4.78, 5) is 37.1. The Labute approximate surface area is 356 Å². The second kappa shape index (κ2) is 40.8. The smallest absolute Gasteiger partial charge is 0.314 e. The first-order valence-electron chi connectivity index (χ1n) is 23.3. The number of hydrogen-bond donors (Lipinski definition) is 1.